The summed E-state index contributed by atoms with van der Waals surface area (Å²) >= 11 is 1.35. The highest BCUT2D eigenvalue weighted by atomic mass is 32.1. The van der Waals surface area contributed by atoms with E-state index < -0.39 is 12.0 Å². The zero-order valence-corrected chi connectivity index (χ0v) is 13.0. The van der Waals surface area contributed by atoms with E-state index in [0.717, 1.165) is 17.0 Å². The minimum atomic E-state index is -0.926. The number of nitrogens with zero attached hydrogens (tertiary/aromatic N) is 2. The normalized spacial score (nSPS) is 21.8. The van der Waals surface area contributed by atoms with Gasteiger partial charge < -0.3 is 10.0 Å². The molecule has 2 aromatic heterocycles. The molecule has 0 aromatic carbocycles. The SMILES string of the molecule is CC1CCN(C(=O)c2ccc(-c3ccn[nH]3)s2)C(C(=O)O)C1. The van der Waals surface area contributed by atoms with Crippen molar-refractivity contribution in [3.63, 3.8) is 0 Å². The lowest BCUT2D eigenvalue weighted by atomic mass is 9.92. The lowest BCUT2D eigenvalue weighted by Gasteiger charge is -2.35. The second-order valence-electron chi connectivity index (χ2n) is 5.62. The largest absolute Gasteiger partial charge is 0.480 e. The smallest absolute Gasteiger partial charge is 0.326 e. The van der Waals surface area contributed by atoms with E-state index in [0.29, 0.717) is 23.8 Å². The van der Waals surface area contributed by atoms with Crippen molar-refractivity contribution in [3.05, 3.63) is 29.3 Å². The molecule has 3 rings (SSSR count). The number of hydrogen-bond donors (Lipinski definition) is 2. The molecule has 0 radical (unpaired) electrons. The molecule has 0 bridgehead atoms. The van der Waals surface area contributed by atoms with Gasteiger partial charge in [-0.2, -0.15) is 5.10 Å². The van der Waals surface area contributed by atoms with E-state index in [-0.39, 0.29) is 5.91 Å². The summed E-state index contributed by atoms with van der Waals surface area (Å²) in [6.45, 7) is 2.52. The number of aliphatic carboxylic acids is 1. The molecule has 2 N–H and O–H groups in total. The molecule has 1 aliphatic heterocycles. The quantitative estimate of drug-likeness (QED) is 0.910. The van der Waals surface area contributed by atoms with Crippen molar-refractivity contribution in [1.29, 1.82) is 0 Å². The van der Waals surface area contributed by atoms with Gasteiger partial charge in [-0.05, 0) is 37.0 Å². The Balaban J connectivity index is 1.82. The first kappa shape index (κ1) is 14.8. The number of H-pyrrole nitrogens is 1. The number of hydrogen-bond acceptors (Lipinski definition) is 4. The highest BCUT2D eigenvalue weighted by Crippen LogP contribution is 2.30. The maximum atomic E-state index is 12.7. The highest BCUT2D eigenvalue weighted by molar-refractivity contribution is 7.17. The summed E-state index contributed by atoms with van der Waals surface area (Å²) in [4.78, 5) is 27.1. The second kappa shape index (κ2) is 5.92. The Morgan fingerprint density at radius 3 is 2.91 bits per heavy atom. The predicted octanol–water partition coefficient (Wildman–Crippen LogP) is 2.46. The number of rotatable bonds is 3. The number of aromatic amines is 1. The van der Waals surface area contributed by atoms with Crippen molar-refractivity contribution in [2.45, 2.75) is 25.8 Å². The monoisotopic (exact) mass is 319 g/mol. The molecule has 116 valence electrons. The molecule has 22 heavy (non-hydrogen) atoms. The van der Waals surface area contributed by atoms with E-state index in [1.807, 2.05) is 19.1 Å². The molecule has 2 aromatic rings. The molecule has 2 unspecified atom stereocenters. The van der Waals surface area contributed by atoms with Crippen LogP contribution in [0.5, 0.6) is 0 Å². The summed E-state index contributed by atoms with van der Waals surface area (Å²) in [7, 11) is 0. The molecule has 0 saturated carbocycles. The molecule has 1 aliphatic rings. The van der Waals surface area contributed by atoms with Gasteiger partial charge in [-0.15, -0.1) is 11.3 Å². The van der Waals surface area contributed by atoms with Gasteiger partial charge in [0.2, 0.25) is 0 Å². The first-order valence-corrected chi connectivity index (χ1v) is 8.01. The first-order valence-electron chi connectivity index (χ1n) is 7.19. The number of carbonyl (C=O) groups is 2. The number of carboxylic acids is 1. The van der Waals surface area contributed by atoms with Crippen LogP contribution in [0.4, 0.5) is 0 Å². The molecule has 3 heterocycles. The molecule has 6 nitrogen and oxygen atoms in total. The maximum absolute atomic E-state index is 12.7. The predicted molar refractivity (Wildman–Crippen MR) is 82.8 cm³/mol. The van der Waals surface area contributed by atoms with Gasteiger partial charge in [0, 0.05) is 12.7 Å². The average molecular weight is 319 g/mol. The summed E-state index contributed by atoms with van der Waals surface area (Å²) in [6, 6.07) is 4.71. The first-order chi connectivity index (χ1) is 10.6. The van der Waals surface area contributed by atoms with Crippen LogP contribution in [0.15, 0.2) is 24.4 Å². The van der Waals surface area contributed by atoms with Gasteiger partial charge >= 0.3 is 5.97 Å². The molecule has 0 spiro atoms. The Morgan fingerprint density at radius 2 is 2.23 bits per heavy atom. The van der Waals surface area contributed by atoms with Crippen molar-refractivity contribution in [1.82, 2.24) is 15.1 Å². The van der Waals surface area contributed by atoms with Gasteiger partial charge in [0.25, 0.3) is 5.91 Å². The number of piperidine rings is 1. The van der Waals surface area contributed by atoms with E-state index in [4.69, 9.17) is 0 Å². The van der Waals surface area contributed by atoms with Gasteiger partial charge in [-0.1, -0.05) is 6.92 Å². The van der Waals surface area contributed by atoms with Crippen molar-refractivity contribution in [3.8, 4) is 10.6 Å². The standard InChI is InChI=1S/C15H17N3O3S/c1-9-5-7-18(11(8-9)15(20)21)14(19)13-3-2-12(22-13)10-4-6-16-17-10/h2-4,6,9,11H,5,7-8H2,1H3,(H,16,17)(H,20,21). The van der Waals surface area contributed by atoms with Crippen LogP contribution < -0.4 is 0 Å². The van der Waals surface area contributed by atoms with E-state index >= 15 is 0 Å². The minimum absolute atomic E-state index is 0.199. The Labute approximate surface area is 131 Å². The van der Waals surface area contributed by atoms with Gasteiger partial charge in [-0.3, -0.25) is 9.89 Å². The summed E-state index contributed by atoms with van der Waals surface area (Å²) in [5.74, 6) is -0.797. The zero-order chi connectivity index (χ0) is 15.7. The fourth-order valence-corrected chi connectivity index (χ4v) is 3.69. The third-order valence-electron chi connectivity index (χ3n) is 3.99. The van der Waals surface area contributed by atoms with Crippen molar-refractivity contribution in [2.75, 3.05) is 6.54 Å². The van der Waals surface area contributed by atoms with Gasteiger partial charge in [0.05, 0.1) is 15.4 Å². The lowest BCUT2D eigenvalue weighted by Crippen LogP contribution is -2.49. The number of thiophene rings is 1. The third-order valence-corrected chi connectivity index (χ3v) is 5.10. The average Bonchev–Trinajstić information content (AvgIpc) is 3.17. The number of amides is 1. The molecule has 1 fully saturated rings. The van der Waals surface area contributed by atoms with Crippen LogP contribution in [-0.2, 0) is 4.79 Å². The summed E-state index contributed by atoms with van der Waals surface area (Å²) in [5.41, 5.74) is 0.853. The number of nitrogens with one attached hydrogen (secondary N) is 1. The number of carbonyl (C=O) groups excluding carboxylic acids is 1. The summed E-state index contributed by atoms with van der Waals surface area (Å²) < 4.78 is 0. The molecule has 2 atom stereocenters. The summed E-state index contributed by atoms with van der Waals surface area (Å²) in [5, 5.41) is 16.1. The van der Waals surface area contributed by atoms with Crippen LogP contribution in [0.25, 0.3) is 10.6 Å². The van der Waals surface area contributed by atoms with Gasteiger partial charge in [0.1, 0.15) is 6.04 Å². The highest BCUT2D eigenvalue weighted by Gasteiger charge is 2.35. The van der Waals surface area contributed by atoms with E-state index in [9.17, 15) is 14.7 Å². The fourth-order valence-electron chi connectivity index (χ4n) is 2.75. The van der Waals surface area contributed by atoms with Crippen LogP contribution >= 0.6 is 11.3 Å². The van der Waals surface area contributed by atoms with Crippen LogP contribution in [0.1, 0.15) is 29.4 Å². The summed E-state index contributed by atoms with van der Waals surface area (Å²) in [6.07, 6.45) is 3.01. The third kappa shape index (κ3) is 2.76. The maximum Gasteiger partial charge on any atom is 0.326 e. The van der Waals surface area contributed by atoms with Crippen LogP contribution in [-0.4, -0.2) is 44.7 Å². The van der Waals surface area contributed by atoms with Crippen molar-refractivity contribution < 1.29 is 14.7 Å². The minimum Gasteiger partial charge on any atom is -0.480 e. The van der Waals surface area contributed by atoms with E-state index in [2.05, 4.69) is 10.2 Å². The molecule has 0 aliphatic carbocycles. The molecule has 7 heteroatoms. The Morgan fingerprint density at radius 1 is 1.41 bits per heavy atom. The molecular formula is C15H17N3O3S. The van der Waals surface area contributed by atoms with E-state index in [1.165, 1.54) is 16.2 Å². The number of aromatic nitrogens is 2. The fraction of sp³-hybridized carbons (Fsp3) is 0.400. The van der Waals surface area contributed by atoms with Crippen molar-refractivity contribution in [2.24, 2.45) is 5.92 Å². The Bertz CT molecular complexity index is 680. The number of likely N-dealkylation sites (tertiary alicyclic amines) is 1. The molecular weight excluding hydrogens is 302 g/mol. The van der Waals surface area contributed by atoms with Crippen LogP contribution in [0.2, 0.25) is 0 Å². The topological polar surface area (TPSA) is 86.3 Å². The Kier molecular flexibility index (Phi) is 3.98. The lowest BCUT2D eigenvalue weighted by molar-refractivity contribution is -0.144. The van der Waals surface area contributed by atoms with Gasteiger partial charge in [0.15, 0.2) is 0 Å². The molecule has 1 amide bonds. The van der Waals surface area contributed by atoms with Crippen molar-refractivity contribution >= 4 is 23.2 Å². The second-order valence-corrected chi connectivity index (χ2v) is 6.70. The molecule has 1 saturated heterocycles. The zero-order valence-electron chi connectivity index (χ0n) is 12.2. The van der Waals surface area contributed by atoms with E-state index in [1.54, 1.807) is 12.3 Å². The van der Waals surface area contributed by atoms with Crippen LogP contribution in [0.3, 0.4) is 0 Å². The Hall–Kier alpha value is -2.15. The van der Waals surface area contributed by atoms with Crippen LogP contribution in [0, 0.1) is 5.92 Å². The van der Waals surface area contributed by atoms with Gasteiger partial charge in [-0.25, -0.2) is 4.79 Å². The number of carboxylic acid groups (broad SMARTS) is 1.